The molecule has 7 aromatic rings. The SMILES string of the molecule is CC1C=c2c(ccc3c2=CC(=O)c2ccccc2-3)C(C)C1=O.O=C(Cn1cnc2ncncc21)Nc1nc(-c2ccccc2)c(-c2ccccc2)s1. The van der Waals surface area contributed by atoms with Crippen LogP contribution in [-0.2, 0) is 16.1 Å². The highest BCUT2D eigenvalue weighted by atomic mass is 32.1. The normalized spacial score (nSPS) is 15.7. The minimum absolute atomic E-state index is 0.0436. The molecule has 52 heavy (non-hydrogen) atoms. The van der Waals surface area contributed by atoms with Gasteiger partial charge >= 0.3 is 0 Å². The van der Waals surface area contributed by atoms with Gasteiger partial charge in [0.15, 0.2) is 16.6 Å². The number of rotatable bonds is 5. The van der Waals surface area contributed by atoms with Crippen molar-refractivity contribution in [1.82, 2.24) is 24.5 Å². The number of thiazole rings is 1. The van der Waals surface area contributed by atoms with Crippen LogP contribution in [0.2, 0.25) is 0 Å². The maximum atomic E-state index is 12.7. The van der Waals surface area contributed by atoms with Gasteiger partial charge in [0.1, 0.15) is 24.2 Å². The summed E-state index contributed by atoms with van der Waals surface area (Å²) in [5.41, 5.74) is 8.04. The van der Waals surface area contributed by atoms with Gasteiger partial charge in [-0.2, -0.15) is 0 Å². The number of fused-ring (bicyclic) bond motifs is 6. The molecular formula is C42H32N6O3S. The van der Waals surface area contributed by atoms with Gasteiger partial charge in [0, 0.05) is 23.0 Å². The molecule has 2 aliphatic rings. The van der Waals surface area contributed by atoms with Crippen LogP contribution in [0, 0.1) is 5.92 Å². The van der Waals surface area contributed by atoms with E-state index < -0.39 is 0 Å². The number of nitrogens with one attached hydrogen (secondary N) is 1. The molecule has 4 aromatic carbocycles. The standard InChI is InChI=1S/C22H16N6OS.C20H16O2/c29-18(12-28-14-25-21-17(28)11-23-13-24-21)26-22-27-19(15-7-3-1-4-8-15)20(30-22)16-9-5-2-6-10-16;1-11-9-17-13(12(2)20(11)22)7-8-15-14-5-3-4-6-16(14)19(21)10-18(15)17/h1-11,13-14H,12H2,(H,26,27,29);3-12H,1-2H3. The summed E-state index contributed by atoms with van der Waals surface area (Å²) < 4.78 is 1.72. The van der Waals surface area contributed by atoms with Crippen molar-refractivity contribution in [1.29, 1.82) is 0 Å². The van der Waals surface area contributed by atoms with Crippen LogP contribution in [0.15, 0.2) is 116 Å². The second kappa shape index (κ2) is 13.7. The van der Waals surface area contributed by atoms with Crippen molar-refractivity contribution in [2.45, 2.75) is 26.3 Å². The zero-order valence-electron chi connectivity index (χ0n) is 28.4. The quantitative estimate of drug-likeness (QED) is 0.213. The molecule has 0 saturated heterocycles. The van der Waals surface area contributed by atoms with Crippen LogP contribution >= 0.6 is 11.3 Å². The Hall–Kier alpha value is -6.39. The van der Waals surface area contributed by atoms with Gasteiger partial charge in [-0.05, 0) is 38.8 Å². The number of benzene rings is 4. The number of nitrogens with zero attached hydrogens (tertiary/aromatic N) is 5. The Kier molecular flexibility index (Phi) is 8.66. The summed E-state index contributed by atoms with van der Waals surface area (Å²) in [6, 6.07) is 31.8. The lowest BCUT2D eigenvalue weighted by Gasteiger charge is -2.23. The van der Waals surface area contributed by atoms with E-state index in [0.717, 1.165) is 54.4 Å². The van der Waals surface area contributed by atoms with E-state index in [4.69, 9.17) is 4.98 Å². The highest BCUT2D eigenvalue weighted by Gasteiger charge is 2.27. The molecule has 2 aliphatic carbocycles. The van der Waals surface area contributed by atoms with E-state index in [-0.39, 0.29) is 35.9 Å². The number of aromatic nitrogens is 5. The molecule has 1 N–H and O–H groups in total. The Bertz CT molecular complexity index is 2570. The monoisotopic (exact) mass is 700 g/mol. The van der Waals surface area contributed by atoms with Crippen molar-refractivity contribution < 1.29 is 14.4 Å². The Balaban J connectivity index is 0.000000156. The Labute approximate surface area is 303 Å². The predicted molar refractivity (Wildman–Crippen MR) is 204 cm³/mol. The van der Waals surface area contributed by atoms with Gasteiger partial charge in [-0.15, -0.1) is 0 Å². The first kappa shape index (κ1) is 32.8. The predicted octanol–water partition coefficient (Wildman–Crippen LogP) is 6.69. The third kappa shape index (κ3) is 6.13. The number of ketones is 2. The fraction of sp³-hybridized carbons (Fsp3) is 0.119. The molecule has 3 aromatic heterocycles. The largest absolute Gasteiger partial charge is 0.318 e. The van der Waals surface area contributed by atoms with Crippen LogP contribution in [0.25, 0.3) is 56.1 Å². The number of carbonyl (C=O) groups is 3. The third-order valence-electron chi connectivity index (χ3n) is 9.41. The summed E-state index contributed by atoms with van der Waals surface area (Å²) in [7, 11) is 0. The summed E-state index contributed by atoms with van der Waals surface area (Å²) in [5.74, 6) is -0.112. The number of hydrogen-bond acceptors (Lipinski definition) is 8. The van der Waals surface area contributed by atoms with Crippen LogP contribution in [0.4, 0.5) is 5.13 Å². The summed E-state index contributed by atoms with van der Waals surface area (Å²) >= 11 is 1.46. The van der Waals surface area contributed by atoms with E-state index in [2.05, 4.69) is 20.3 Å². The molecule has 10 heteroatoms. The van der Waals surface area contributed by atoms with Crippen molar-refractivity contribution in [3.63, 3.8) is 0 Å². The number of amides is 1. The van der Waals surface area contributed by atoms with Crippen LogP contribution in [0.1, 0.15) is 35.7 Å². The molecular weight excluding hydrogens is 669 g/mol. The average molecular weight is 701 g/mol. The summed E-state index contributed by atoms with van der Waals surface area (Å²) in [6.45, 7) is 3.99. The molecule has 2 atom stereocenters. The van der Waals surface area contributed by atoms with Gasteiger partial charge in [-0.25, -0.2) is 19.9 Å². The van der Waals surface area contributed by atoms with Gasteiger partial charge < -0.3 is 9.88 Å². The smallest absolute Gasteiger partial charge is 0.246 e. The Morgan fingerprint density at radius 1 is 0.808 bits per heavy atom. The van der Waals surface area contributed by atoms with Crippen LogP contribution < -0.4 is 15.8 Å². The van der Waals surface area contributed by atoms with Crippen LogP contribution in [0.3, 0.4) is 0 Å². The number of Topliss-reactive ketones (excluding diaryl/α,β-unsaturated/α-hetero) is 2. The topological polar surface area (TPSA) is 120 Å². The first-order valence-corrected chi connectivity index (χ1v) is 17.7. The van der Waals surface area contributed by atoms with E-state index >= 15 is 0 Å². The fourth-order valence-corrected chi connectivity index (χ4v) is 7.83. The molecule has 3 heterocycles. The lowest BCUT2D eigenvalue weighted by atomic mass is 9.79. The molecule has 2 unspecified atom stereocenters. The number of anilines is 1. The van der Waals surface area contributed by atoms with Gasteiger partial charge in [0.2, 0.25) is 5.91 Å². The van der Waals surface area contributed by atoms with Crippen molar-refractivity contribution >= 4 is 57.3 Å². The average Bonchev–Trinajstić information content (AvgIpc) is 3.79. The lowest BCUT2D eigenvalue weighted by Crippen LogP contribution is -2.40. The summed E-state index contributed by atoms with van der Waals surface area (Å²) in [5, 5.41) is 5.50. The minimum atomic E-state index is -0.189. The highest BCUT2D eigenvalue weighted by Crippen LogP contribution is 2.39. The first-order chi connectivity index (χ1) is 25.4. The van der Waals surface area contributed by atoms with Crippen LogP contribution in [-0.4, -0.2) is 42.0 Å². The summed E-state index contributed by atoms with van der Waals surface area (Å²) in [6.07, 6.45) is 8.40. The van der Waals surface area contributed by atoms with Gasteiger partial charge in [0.05, 0.1) is 23.1 Å². The van der Waals surface area contributed by atoms with Crippen LogP contribution in [0.5, 0.6) is 0 Å². The maximum absolute atomic E-state index is 12.7. The Morgan fingerprint density at radius 2 is 1.52 bits per heavy atom. The van der Waals surface area contributed by atoms with E-state index in [1.54, 1.807) is 23.2 Å². The van der Waals surface area contributed by atoms with Crippen molar-refractivity contribution in [2.24, 2.45) is 5.92 Å². The number of hydrogen-bond donors (Lipinski definition) is 1. The number of carbonyl (C=O) groups excluding carboxylic acids is 3. The third-order valence-corrected chi connectivity index (χ3v) is 10.4. The lowest BCUT2D eigenvalue weighted by molar-refractivity contribution is -0.122. The van der Waals surface area contributed by atoms with E-state index in [1.165, 1.54) is 17.7 Å². The molecule has 0 bridgehead atoms. The molecule has 0 radical (unpaired) electrons. The minimum Gasteiger partial charge on any atom is -0.318 e. The molecule has 9 rings (SSSR count). The number of imidazole rings is 1. The van der Waals surface area contributed by atoms with Crippen molar-refractivity contribution in [3.05, 3.63) is 137 Å². The van der Waals surface area contributed by atoms with E-state index in [9.17, 15) is 14.4 Å². The molecule has 9 nitrogen and oxygen atoms in total. The second-order valence-corrected chi connectivity index (χ2v) is 13.7. The highest BCUT2D eigenvalue weighted by molar-refractivity contribution is 7.19. The van der Waals surface area contributed by atoms with Crippen molar-refractivity contribution in [2.75, 3.05) is 5.32 Å². The Morgan fingerprint density at radius 3 is 2.29 bits per heavy atom. The fourth-order valence-electron chi connectivity index (χ4n) is 6.82. The van der Waals surface area contributed by atoms with Crippen molar-refractivity contribution in [3.8, 4) is 32.8 Å². The molecule has 0 aliphatic heterocycles. The molecule has 0 fully saturated rings. The first-order valence-electron chi connectivity index (χ1n) is 16.9. The van der Waals surface area contributed by atoms with Gasteiger partial charge in [-0.1, -0.05) is 128 Å². The molecule has 0 saturated carbocycles. The second-order valence-electron chi connectivity index (χ2n) is 12.7. The molecule has 254 valence electrons. The summed E-state index contributed by atoms with van der Waals surface area (Å²) in [4.78, 5) is 55.3. The zero-order valence-corrected chi connectivity index (χ0v) is 29.2. The van der Waals surface area contributed by atoms with Gasteiger partial charge in [-0.3, -0.25) is 14.4 Å². The molecule has 0 spiro atoms. The zero-order chi connectivity index (χ0) is 35.8. The van der Waals surface area contributed by atoms with Gasteiger partial charge in [0.25, 0.3) is 0 Å². The maximum Gasteiger partial charge on any atom is 0.246 e. The van der Waals surface area contributed by atoms with E-state index in [1.807, 2.05) is 117 Å². The molecule has 1 amide bonds. The van der Waals surface area contributed by atoms with E-state index in [0.29, 0.717) is 16.3 Å².